The molecule has 1 atom stereocenters. The van der Waals surface area contributed by atoms with Gasteiger partial charge >= 0.3 is 0 Å². The molecule has 0 aliphatic carbocycles. The molecule has 0 radical (unpaired) electrons. The number of aromatic amines is 1. The van der Waals surface area contributed by atoms with Gasteiger partial charge < -0.3 is 5.73 Å². The Labute approximate surface area is 116 Å². The summed E-state index contributed by atoms with van der Waals surface area (Å²) in [6.07, 6.45) is 3.17. The third-order valence-corrected chi connectivity index (χ3v) is 4.45. The number of H-pyrrole nitrogens is 1. The molecule has 4 N–H and O–H groups in total. The van der Waals surface area contributed by atoms with E-state index in [9.17, 15) is 8.42 Å². The van der Waals surface area contributed by atoms with E-state index in [0.717, 1.165) is 5.56 Å². The molecule has 8 heteroatoms. The predicted molar refractivity (Wildman–Crippen MR) is 73.2 cm³/mol. The summed E-state index contributed by atoms with van der Waals surface area (Å²) in [6, 6.07) is 3.89. The predicted octanol–water partition coefficient (Wildman–Crippen LogP) is 1.68. The van der Waals surface area contributed by atoms with Crippen LogP contribution in [0.4, 0.5) is 5.69 Å². The Balaban J connectivity index is 2.30. The van der Waals surface area contributed by atoms with Crippen LogP contribution in [0.5, 0.6) is 0 Å². The van der Waals surface area contributed by atoms with Crippen LogP contribution in [0.15, 0.2) is 35.5 Å². The molecule has 1 aromatic carbocycles. The molecule has 6 nitrogen and oxygen atoms in total. The second-order valence-corrected chi connectivity index (χ2v) is 6.18. The van der Waals surface area contributed by atoms with Crippen molar-refractivity contribution in [3.8, 4) is 0 Å². The van der Waals surface area contributed by atoms with E-state index in [1.54, 1.807) is 19.3 Å². The number of benzene rings is 1. The normalized spacial score (nSPS) is 13.4. The van der Waals surface area contributed by atoms with E-state index >= 15 is 0 Å². The number of nitrogen functional groups attached to an aromatic ring is 1. The van der Waals surface area contributed by atoms with E-state index in [2.05, 4.69) is 14.9 Å². The third-order valence-electron chi connectivity index (χ3n) is 2.62. The molecule has 2 rings (SSSR count). The lowest BCUT2D eigenvalue weighted by atomic mass is 10.2. The van der Waals surface area contributed by atoms with Crippen LogP contribution in [-0.4, -0.2) is 18.6 Å². The monoisotopic (exact) mass is 300 g/mol. The highest BCUT2D eigenvalue weighted by atomic mass is 35.5. The molecule has 0 aliphatic heterocycles. The molecule has 19 heavy (non-hydrogen) atoms. The minimum atomic E-state index is -3.74. The molecule has 0 aliphatic rings. The standard InChI is InChI=1S/C11H13ClN4O2S/c1-7(8-5-14-15-6-8)16-19(17,18)11-4-9(12)2-3-10(11)13/h2-7,16H,13H2,1H3,(H,14,15). The lowest BCUT2D eigenvalue weighted by Gasteiger charge is -2.14. The van der Waals surface area contributed by atoms with Gasteiger partial charge in [0.15, 0.2) is 0 Å². The Bertz CT molecular complexity index is 670. The van der Waals surface area contributed by atoms with Crippen molar-refractivity contribution in [2.24, 2.45) is 0 Å². The molecule has 1 unspecified atom stereocenters. The third kappa shape index (κ3) is 3.06. The maximum atomic E-state index is 12.2. The first-order chi connectivity index (χ1) is 8.90. The quantitative estimate of drug-likeness (QED) is 0.748. The fraction of sp³-hybridized carbons (Fsp3) is 0.182. The van der Waals surface area contributed by atoms with E-state index in [1.165, 1.54) is 18.2 Å². The molecular formula is C11H13ClN4O2S. The minimum Gasteiger partial charge on any atom is -0.398 e. The van der Waals surface area contributed by atoms with Gasteiger partial charge in [0.25, 0.3) is 0 Å². The Kier molecular flexibility index (Phi) is 3.79. The van der Waals surface area contributed by atoms with Gasteiger partial charge in [0.2, 0.25) is 10.0 Å². The van der Waals surface area contributed by atoms with Gasteiger partial charge in [0.05, 0.1) is 11.9 Å². The van der Waals surface area contributed by atoms with Gasteiger partial charge in [-0.1, -0.05) is 11.6 Å². The molecule has 0 amide bonds. The molecule has 0 spiro atoms. The van der Waals surface area contributed by atoms with E-state index in [-0.39, 0.29) is 10.6 Å². The number of sulfonamides is 1. The summed E-state index contributed by atoms with van der Waals surface area (Å²) in [5.41, 5.74) is 6.55. The van der Waals surface area contributed by atoms with Crippen molar-refractivity contribution in [1.82, 2.24) is 14.9 Å². The molecule has 0 saturated carbocycles. The lowest BCUT2D eigenvalue weighted by molar-refractivity contribution is 0.567. The van der Waals surface area contributed by atoms with E-state index in [4.69, 9.17) is 17.3 Å². The first-order valence-electron chi connectivity index (χ1n) is 5.46. The van der Waals surface area contributed by atoms with Gasteiger partial charge in [-0.15, -0.1) is 0 Å². The summed E-state index contributed by atoms with van der Waals surface area (Å²) in [5, 5.41) is 6.71. The number of nitrogens with two attached hydrogens (primary N) is 1. The number of nitrogens with one attached hydrogen (secondary N) is 2. The molecule has 0 bridgehead atoms. The number of nitrogens with zero attached hydrogens (tertiary/aromatic N) is 1. The number of hydrogen-bond acceptors (Lipinski definition) is 4. The van der Waals surface area contributed by atoms with Crippen molar-refractivity contribution in [1.29, 1.82) is 0 Å². The number of halogens is 1. The van der Waals surface area contributed by atoms with E-state index in [0.29, 0.717) is 5.02 Å². The van der Waals surface area contributed by atoms with E-state index < -0.39 is 16.1 Å². The first-order valence-corrected chi connectivity index (χ1v) is 7.32. The minimum absolute atomic E-state index is 0.0321. The van der Waals surface area contributed by atoms with Crippen molar-refractivity contribution in [2.75, 3.05) is 5.73 Å². The smallest absolute Gasteiger partial charge is 0.243 e. The number of rotatable bonds is 4. The summed E-state index contributed by atoms with van der Waals surface area (Å²) in [7, 11) is -3.74. The summed E-state index contributed by atoms with van der Waals surface area (Å²) < 4.78 is 27.0. The van der Waals surface area contributed by atoms with Gasteiger partial charge in [-0.2, -0.15) is 5.10 Å². The summed E-state index contributed by atoms with van der Waals surface area (Å²) in [4.78, 5) is -0.0321. The maximum Gasteiger partial charge on any atom is 0.243 e. The molecular weight excluding hydrogens is 288 g/mol. The zero-order valence-electron chi connectivity index (χ0n) is 10.1. The fourth-order valence-corrected chi connectivity index (χ4v) is 3.23. The molecule has 0 saturated heterocycles. The average molecular weight is 301 g/mol. The van der Waals surface area contributed by atoms with Gasteiger partial charge in [-0.3, -0.25) is 5.10 Å². The molecule has 1 aromatic heterocycles. The number of anilines is 1. The Morgan fingerprint density at radius 2 is 2.21 bits per heavy atom. The summed E-state index contributed by atoms with van der Waals surface area (Å²) >= 11 is 5.80. The Morgan fingerprint density at radius 3 is 2.84 bits per heavy atom. The van der Waals surface area contributed by atoms with E-state index in [1.807, 2.05) is 0 Å². The van der Waals surface area contributed by atoms with Gasteiger partial charge in [-0.25, -0.2) is 13.1 Å². The average Bonchev–Trinajstić information content (AvgIpc) is 2.85. The Hall–Kier alpha value is -1.57. The van der Waals surface area contributed by atoms with Crippen LogP contribution >= 0.6 is 11.6 Å². The van der Waals surface area contributed by atoms with Crippen LogP contribution in [-0.2, 0) is 10.0 Å². The van der Waals surface area contributed by atoms with Crippen LogP contribution in [0.1, 0.15) is 18.5 Å². The molecule has 2 aromatic rings. The van der Waals surface area contributed by atoms with Crippen molar-refractivity contribution in [3.05, 3.63) is 41.2 Å². The highest BCUT2D eigenvalue weighted by molar-refractivity contribution is 7.89. The molecule has 0 fully saturated rings. The zero-order chi connectivity index (χ0) is 14.0. The van der Waals surface area contributed by atoms with Crippen molar-refractivity contribution in [3.63, 3.8) is 0 Å². The van der Waals surface area contributed by atoms with Crippen LogP contribution < -0.4 is 10.5 Å². The fourth-order valence-electron chi connectivity index (χ4n) is 1.60. The first kappa shape index (κ1) is 13.9. The van der Waals surface area contributed by atoms with Crippen molar-refractivity contribution < 1.29 is 8.42 Å². The van der Waals surface area contributed by atoms with Gasteiger partial charge in [-0.05, 0) is 25.1 Å². The Morgan fingerprint density at radius 1 is 1.47 bits per heavy atom. The lowest BCUT2D eigenvalue weighted by Crippen LogP contribution is -2.27. The highest BCUT2D eigenvalue weighted by Gasteiger charge is 2.21. The van der Waals surface area contributed by atoms with Gasteiger partial charge in [0.1, 0.15) is 4.90 Å². The summed E-state index contributed by atoms with van der Waals surface area (Å²) in [5.74, 6) is 0. The van der Waals surface area contributed by atoms with Crippen LogP contribution in [0.3, 0.4) is 0 Å². The number of aromatic nitrogens is 2. The molecule has 102 valence electrons. The van der Waals surface area contributed by atoms with Crippen LogP contribution in [0.25, 0.3) is 0 Å². The topological polar surface area (TPSA) is 101 Å². The van der Waals surface area contributed by atoms with Crippen molar-refractivity contribution >= 4 is 27.3 Å². The second kappa shape index (κ2) is 5.20. The SMILES string of the molecule is CC(NS(=O)(=O)c1cc(Cl)ccc1N)c1cn[nH]c1. The maximum absolute atomic E-state index is 12.2. The van der Waals surface area contributed by atoms with Crippen molar-refractivity contribution in [2.45, 2.75) is 17.9 Å². The van der Waals surface area contributed by atoms with Gasteiger partial charge in [0, 0.05) is 22.8 Å². The second-order valence-electron chi connectivity index (χ2n) is 4.06. The largest absolute Gasteiger partial charge is 0.398 e. The van der Waals surface area contributed by atoms with Crippen LogP contribution in [0.2, 0.25) is 5.02 Å². The highest BCUT2D eigenvalue weighted by Crippen LogP contribution is 2.24. The molecule has 1 heterocycles. The van der Waals surface area contributed by atoms with Crippen LogP contribution in [0, 0.1) is 0 Å². The zero-order valence-corrected chi connectivity index (χ0v) is 11.7. The summed E-state index contributed by atoms with van der Waals surface area (Å²) in [6.45, 7) is 1.71. The number of hydrogen-bond donors (Lipinski definition) is 3.